The number of likely N-dealkylation sites (tertiary alicyclic amines) is 1. The number of hydrogen-bond donors (Lipinski definition) is 0. The zero-order valence-corrected chi connectivity index (χ0v) is 12.1. The van der Waals surface area contributed by atoms with Gasteiger partial charge in [0.15, 0.2) is 0 Å². The molecule has 20 heavy (non-hydrogen) atoms. The predicted molar refractivity (Wildman–Crippen MR) is 75.9 cm³/mol. The smallest absolute Gasteiger partial charge is 0.309 e. The van der Waals surface area contributed by atoms with E-state index in [2.05, 4.69) is 11.0 Å². The molecule has 0 amide bonds. The van der Waals surface area contributed by atoms with Crippen LogP contribution in [0.25, 0.3) is 0 Å². The molecule has 0 bridgehead atoms. The third-order valence-corrected chi connectivity index (χ3v) is 3.91. The Morgan fingerprint density at radius 2 is 2.35 bits per heavy atom. The fourth-order valence-corrected chi connectivity index (χ4v) is 2.74. The lowest BCUT2D eigenvalue weighted by molar-refractivity contribution is -0.147. The molecular weight excluding hydrogens is 252 g/mol. The second-order valence-electron chi connectivity index (χ2n) is 5.35. The zero-order valence-electron chi connectivity index (χ0n) is 12.1. The van der Waals surface area contributed by atoms with Gasteiger partial charge >= 0.3 is 5.97 Å². The van der Waals surface area contributed by atoms with Gasteiger partial charge in [0, 0.05) is 13.1 Å². The quantitative estimate of drug-likeness (QED) is 0.792. The van der Waals surface area contributed by atoms with Gasteiger partial charge in [0.1, 0.15) is 0 Å². The van der Waals surface area contributed by atoms with Crippen LogP contribution in [0, 0.1) is 24.2 Å². The van der Waals surface area contributed by atoms with Crippen LogP contribution in [0.1, 0.15) is 29.5 Å². The molecule has 0 radical (unpaired) electrons. The van der Waals surface area contributed by atoms with E-state index in [1.54, 1.807) is 0 Å². The van der Waals surface area contributed by atoms with Crippen molar-refractivity contribution >= 4 is 5.97 Å². The molecule has 106 valence electrons. The van der Waals surface area contributed by atoms with Gasteiger partial charge in [-0.2, -0.15) is 5.26 Å². The monoisotopic (exact) mass is 272 g/mol. The molecule has 1 fully saturated rings. The van der Waals surface area contributed by atoms with Crippen LogP contribution in [-0.2, 0) is 16.1 Å². The van der Waals surface area contributed by atoms with Crippen LogP contribution in [0.15, 0.2) is 18.2 Å². The highest BCUT2D eigenvalue weighted by Crippen LogP contribution is 2.21. The fraction of sp³-hybridized carbons (Fsp3) is 0.500. The fourth-order valence-electron chi connectivity index (χ4n) is 2.74. The number of hydrogen-bond acceptors (Lipinski definition) is 4. The van der Waals surface area contributed by atoms with Crippen LogP contribution in [0.3, 0.4) is 0 Å². The van der Waals surface area contributed by atoms with Gasteiger partial charge in [-0.15, -0.1) is 0 Å². The number of carbonyl (C=O) groups excluding carboxylic acids is 1. The maximum Gasteiger partial charge on any atom is 0.309 e. The molecule has 0 saturated carbocycles. The lowest BCUT2D eigenvalue weighted by atomic mass is 9.97. The van der Waals surface area contributed by atoms with E-state index >= 15 is 0 Å². The molecule has 1 aliphatic heterocycles. The van der Waals surface area contributed by atoms with E-state index in [1.807, 2.05) is 25.1 Å². The normalized spacial score (nSPS) is 19.4. The van der Waals surface area contributed by atoms with E-state index in [0.717, 1.165) is 38.0 Å². The Bertz CT molecular complexity index is 534. The Labute approximate surface area is 120 Å². The zero-order chi connectivity index (χ0) is 14.5. The van der Waals surface area contributed by atoms with E-state index in [9.17, 15) is 4.79 Å². The number of nitrogens with zero attached hydrogens (tertiary/aromatic N) is 2. The number of methoxy groups -OCH3 is 1. The van der Waals surface area contributed by atoms with Gasteiger partial charge < -0.3 is 4.74 Å². The topological polar surface area (TPSA) is 53.3 Å². The first kappa shape index (κ1) is 14.5. The van der Waals surface area contributed by atoms with Gasteiger partial charge in [0.05, 0.1) is 24.7 Å². The number of piperidine rings is 1. The van der Waals surface area contributed by atoms with Gasteiger partial charge in [0.25, 0.3) is 0 Å². The first-order valence-corrected chi connectivity index (χ1v) is 6.94. The molecule has 1 atom stereocenters. The molecule has 0 N–H and O–H groups in total. The van der Waals surface area contributed by atoms with Crippen molar-refractivity contribution in [3.63, 3.8) is 0 Å². The van der Waals surface area contributed by atoms with Crippen LogP contribution in [0.5, 0.6) is 0 Å². The van der Waals surface area contributed by atoms with Gasteiger partial charge in [-0.05, 0) is 49.6 Å². The first-order chi connectivity index (χ1) is 9.63. The highest BCUT2D eigenvalue weighted by molar-refractivity contribution is 5.72. The lowest BCUT2D eigenvalue weighted by Gasteiger charge is -2.31. The highest BCUT2D eigenvalue weighted by Gasteiger charge is 2.26. The number of nitriles is 1. The minimum Gasteiger partial charge on any atom is -0.469 e. The molecule has 1 aromatic rings. The lowest BCUT2D eigenvalue weighted by Crippen LogP contribution is -2.38. The second-order valence-corrected chi connectivity index (χ2v) is 5.35. The summed E-state index contributed by atoms with van der Waals surface area (Å²) in [7, 11) is 1.45. The molecule has 1 aliphatic rings. The van der Waals surface area contributed by atoms with Crippen molar-refractivity contribution in [1.82, 2.24) is 4.90 Å². The van der Waals surface area contributed by atoms with Gasteiger partial charge in [-0.3, -0.25) is 9.69 Å². The molecule has 0 aliphatic carbocycles. The molecule has 0 unspecified atom stereocenters. The first-order valence-electron chi connectivity index (χ1n) is 6.94. The SMILES string of the molecule is COC(=O)[C@H]1CCCN(Cc2ccc(C#N)cc2C)C1. The van der Waals surface area contributed by atoms with Crippen molar-refractivity contribution in [1.29, 1.82) is 5.26 Å². The third kappa shape index (κ3) is 3.37. The molecule has 1 heterocycles. The molecule has 0 spiro atoms. The van der Waals surface area contributed by atoms with Crippen LogP contribution in [-0.4, -0.2) is 31.1 Å². The van der Waals surface area contributed by atoms with Crippen LogP contribution in [0.2, 0.25) is 0 Å². The molecule has 0 aromatic heterocycles. The van der Waals surface area contributed by atoms with Crippen molar-refractivity contribution in [2.24, 2.45) is 5.92 Å². The molecule has 1 saturated heterocycles. The van der Waals surface area contributed by atoms with Crippen molar-refractivity contribution in [3.8, 4) is 6.07 Å². The standard InChI is InChI=1S/C16H20N2O2/c1-12-8-13(9-17)5-6-14(12)10-18-7-3-4-15(11-18)16(19)20-2/h5-6,8,15H,3-4,7,10-11H2,1-2H3/t15-/m0/s1. The highest BCUT2D eigenvalue weighted by atomic mass is 16.5. The maximum absolute atomic E-state index is 11.6. The summed E-state index contributed by atoms with van der Waals surface area (Å²) in [6, 6.07) is 7.93. The largest absolute Gasteiger partial charge is 0.469 e. The average Bonchev–Trinajstić information content (AvgIpc) is 2.48. The molecule has 4 nitrogen and oxygen atoms in total. The molecule has 2 rings (SSSR count). The van der Waals surface area contributed by atoms with E-state index in [1.165, 1.54) is 12.7 Å². The van der Waals surface area contributed by atoms with Crippen molar-refractivity contribution < 1.29 is 9.53 Å². The summed E-state index contributed by atoms with van der Waals surface area (Å²) < 4.78 is 4.84. The predicted octanol–water partition coefficient (Wildman–Crippen LogP) is 2.25. The minimum absolute atomic E-state index is 0.00700. The summed E-state index contributed by atoms with van der Waals surface area (Å²) in [5, 5.41) is 8.89. The molecule has 1 aromatic carbocycles. The second kappa shape index (κ2) is 6.53. The van der Waals surface area contributed by atoms with Crippen molar-refractivity contribution in [2.75, 3.05) is 20.2 Å². The number of aryl methyl sites for hydroxylation is 1. The Hall–Kier alpha value is -1.86. The number of rotatable bonds is 3. The maximum atomic E-state index is 11.6. The Balaban J connectivity index is 2.03. The van der Waals surface area contributed by atoms with Crippen molar-refractivity contribution in [2.45, 2.75) is 26.3 Å². The number of carbonyl (C=O) groups is 1. The minimum atomic E-state index is -0.105. The van der Waals surface area contributed by atoms with E-state index in [0.29, 0.717) is 5.56 Å². The summed E-state index contributed by atoms with van der Waals surface area (Å²) in [6.45, 7) is 4.61. The Morgan fingerprint density at radius 1 is 1.55 bits per heavy atom. The van der Waals surface area contributed by atoms with E-state index in [-0.39, 0.29) is 11.9 Å². The van der Waals surface area contributed by atoms with Crippen molar-refractivity contribution in [3.05, 3.63) is 34.9 Å². The number of esters is 1. The number of benzene rings is 1. The van der Waals surface area contributed by atoms with Gasteiger partial charge in [-0.1, -0.05) is 6.07 Å². The number of ether oxygens (including phenoxy) is 1. The Morgan fingerprint density at radius 3 is 3.00 bits per heavy atom. The van der Waals surface area contributed by atoms with Gasteiger partial charge in [0.2, 0.25) is 0 Å². The summed E-state index contributed by atoms with van der Waals surface area (Å²) in [5.74, 6) is -0.112. The van der Waals surface area contributed by atoms with E-state index in [4.69, 9.17) is 10.00 Å². The third-order valence-electron chi connectivity index (χ3n) is 3.91. The molecule has 4 heteroatoms. The summed E-state index contributed by atoms with van der Waals surface area (Å²) in [6.07, 6.45) is 1.94. The summed E-state index contributed by atoms with van der Waals surface area (Å²) >= 11 is 0. The Kier molecular flexibility index (Phi) is 4.75. The van der Waals surface area contributed by atoms with Crippen LogP contribution >= 0.6 is 0 Å². The average molecular weight is 272 g/mol. The summed E-state index contributed by atoms with van der Waals surface area (Å²) in [5.41, 5.74) is 3.04. The molecular formula is C16H20N2O2. The van der Waals surface area contributed by atoms with Gasteiger partial charge in [-0.25, -0.2) is 0 Å². The van der Waals surface area contributed by atoms with Crippen LogP contribution in [0.4, 0.5) is 0 Å². The van der Waals surface area contributed by atoms with E-state index < -0.39 is 0 Å². The summed E-state index contributed by atoms with van der Waals surface area (Å²) in [4.78, 5) is 13.9. The van der Waals surface area contributed by atoms with Crippen LogP contribution < -0.4 is 0 Å².